The Morgan fingerprint density at radius 3 is 2.20 bits per heavy atom. The fraction of sp³-hybridized carbons (Fsp3) is 0.538. The third-order valence-corrected chi connectivity index (χ3v) is 3.43. The molecule has 0 radical (unpaired) electrons. The molecule has 2 heteroatoms. The first-order valence-electron chi connectivity index (χ1n) is 5.82. The summed E-state index contributed by atoms with van der Waals surface area (Å²) in [6.07, 6.45) is 2.44. The van der Waals surface area contributed by atoms with Gasteiger partial charge in [0.1, 0.15) is 0 Å². The number of hydrazine groups is 1. The summed E-state index contributed by atoms with van der Waals surface area (Å²) in [6, 6.07) is 11.9. The minimum atomic E-state index is 0.587. The van der Waals surface area contributed by atoms with Crippen LogP contribution in [-0.2, 0) is 6.42 Å². The molecule has 2 atom stereocenters. The molecule has 0 aliphatic carbocycles. The van der Waals surface area contributed by atoms with Gasteiger partial charge in [0, 0.05) is 12.1 Å². The number of hydrogen-bond acceptors (Lipinski definition) is 2. The second kappa shape index (κ2) is 4.77. The van der Waals surface area contributed by atoms with Gasteiger partial charge in [-0.15, -0.1) is 0 Å². The highest BCUT2D eigenvalue weighted by atomic mass is 15.4. The lowest BCUT2D eigenvalue weighted by atomic mass is 9.90. The van der Waals surface area contributed by atoms with Gasteiger partial charge in [-0.3, -0.25) is 10.9 Å². The normalized spacial score (nSPS) is 30.7. The van der Waals surface area contributed by atoms with Crippen LogP contribution < -0.4 is 10.9 Å². The van der Waals surface area contributed by atoms with E-state index in [9.17, 15) is 0 Å². The topological polar surface area (TPSA) is 24.1 Å². The summed E-state index contributed by atoms with van der Waals surface area (Å²) in [5.74, 6) is 0.741. The molecular weight excluding hydrogens is 184 g/mol. The van der Waals surface area contributed by atoms with E-state index in [0.29, 0.717) is 12.1 Å². The Morgan fingerprint density at radius 2 is 1.60 bits per heavy atom. The molecule has 1 fully saturated rings. The van der Waals surface area contributed by atoms with E-state index in [4.69, 9.17) is 0 Å². The molecule has 1 aromatic carbocycles. The van der Waals surface area contributed by atoms with Crippen molar-refractivity contribution in [2.24, 2.45) is 5.92 Å². The molecule has 15 heavy (non-hydrogen) atoms. The molecule has 1 aliphatic rings. The van der Waals surface area contributed by atoms with Crippen LogP contribution in [0.15, 0.2) is 30.3 Å². The van der Waals surface area contributed by atoms with Crippen LogP contribution in [0.1, 0.15) is 25.8 Å². The van der Waals surface area contributed by atoms with Crippen molar-refractivity contribution < 1.29 is 0 Å². The van der Waals surface area contributed by atoms with Gasteiger partial charge in [0.15, 0.2) is 0 Å². The quantitative estimate of drug-likeness (QED) is 0.788. The van der Waals surface area contributed by atoms with Gasteiger partial charge in [0.25, 0.3) is 0 Å². The zero-order valence-corrected chi connectivity index (χ0v) is 9.53. The molecule has 2 unspecified atom stereocenters. The van der Waals surface area contributed by atoms with Crippen molar-refractivity contribution >= 4 is 0 Å². The molecular formula is C13H20N2. The van der Waals surface area contributed by atoms with Gasteiger partial charge in [-0.05, 0) is 38.2 Å². The molecule has 0 saturated carbocycles. The Labute approximate surface area is 92.1 Å². The van der Waals surface area contributed by atoms with Crippen molar-refractivity contribution in [3.63, 3.8) is 0 Å². The van der Waals surface area contributed by atoms with Crippen LogP contribution in [0.25, 0.3) is 0 Å². The van der Waals surface area contributed by atoms with Gasteiger partial charge >= 0.3 is 0 Å². The van der Waals surface area contributed by atoms with Crippen molar-refractivity contribution in [3.8, 4) is 0 Å². The summed E-state index contributed by atoms with van der Waals surface area (Å²) >= 11 is 0. The van der Waals surface area contributed by atoms with E-state index in [1.165, 1.54) is 18.4 Å². The van der Waals surface area contributed by atoms with Gasteiger partial charge in [-0.2, -0.15) is 0 Å². The first-order chi connectivity index (χ1) is 7.27. The van der Waals surface area contributed by atoms with Gasteiger partial charge in [0.05, 0.1) is 0 Å². The molecule has 1 saturated heterocycles. The molecule has 0 amide bonds. The maximum atomic E-state index is 3.31. The van der Waals surface area contributed by atoms with E-state index in [1.54, 1.807) is 0 Å². The Balaban J connectivity index is 1.88. The zero-order valence-electron chi connectivity index (χ0n) is 9.53. The Kier molecular flexibility index (Phi) is 3.39. The number of hydrogen-bond donors (Lipinski definition) is 2. The predicted octanol–water partition coefficient (Wildman–Crippen LogP) is 2.12. The van der Waals surface area contributed by atoms with Crippen LogP contribution in [-0.4, -0.2) is 12.1 Å². The number of rotatable bonds is 3. The van der Waals surface area contributed by atoms with Crippen LogP contribution in [0.3, 0.4) is 0 Å². The number of nitrogens with one attached hydrogen (secondary N) is 2. The molecule has 0 spiro atoms. The Morgan fingerprint density at radius 1 is 1.00 bits per heavy atom. The summed E-state index contributed by atoms with van der Waals surface area (Å²) in [5.41, 5.74) is 8.06. The minimum Gasteiger partial charge on any atom is -0.254 e. The SMILES string of the molecule is CC1NNC(C)C1CCc1ccccc1. The monoisotopic (exact) mass is 204 g/mol. The third-order valence-electron chi connectivity index (χ3n) is 3.43. The molecule has 82 valence electrons. The second-order valence-electron chi connectivity index (χ2n) is 4.55. The van der Waals surface area contributed by atoms with Crippen LogP contribution in [0.5, 0.6) is 0 Å². The fourth-order valence-electron chi connectivity index (χ4n) is 2.39. The van der Waals surface area contributed by atoms with Crippen molar-refractivity contribution in [2.45, 2.75) is 38.8 Å². The summed E-state index contributed by atoms with van der Waals surface area (Å²) in [6.45, 7) is 4.51. The highest BCUT2D eigenvalue weighted by Crippen LogP contribution is 2.20. The number of aryl methyl sites for hydroxylation is 1. The summed E-state index contributed by atoms with van der Waals surface area (Å²) in [7, 11) is 0. The van der Waals surface area contributed by atoms with Crippen LogP contribution >= 0.6 is 0 Å². The van der Waals surface area contributed by atoms with Crippen LogP contribution in [0.4, 0.5) is 0 Å². The molecule has 2 N–H and O–H groups in total. The van der Waals surface area contributed by atoms with E-state index in [2.05, 4.69) is 55.0 Å². The van der Waals surface area contributed by atoms with E-state index < -0.39 is 0 Å². The van der Waals surface area contributed by atoms with Crippen molar-refractivity contribution in [1.29, 1.82) is 0 Å². The zero-order chi connectivity index (χ0) is 10.7. The van der Waals surface area contributed by atoms with Crippen molar-refractivity contribution in [1.82, 2.24) is 10.9 Å². The van der Waals surface area contributed by atoms with E-state index in [1.807, 2.05) is 0 Å². The van der Waals surface area contributed by atoms with Gasteiger partial charge < -0.3 is 0 Å². The fourth-order valence-corrected chi connectivity index (χ4v) is 2.39. The lowest BCUT2D eigenvalue weighted by Gasteiger charge is -2.17. The van der Waals surface area contributed by atoms with E-state index in [-0.39, 0.29) is 0 Å². The van der Waals surface area contributed by atoms with E-state index in [0.717, 1.165) is 5.92 Å². The summed E-state index contributed by atoms with van der Waals surface area (Å²) in [5, 5.41) is 0. The molecule has 2 rings (SSSR count). The van der Waals surface area contributed by atoms with Crippen LogP contribution in [0.2, 0.25) is 0 Å². The third kappa shape index (κ3) is 2.58. The minimum absolute atomic E-state index is 0.587. The van der Waals surface area contributed by atoms with Gasteiger partial charge in [0.2, 0.25) is 0 Å². The molecule has 0 aromatic heterocycles. The van der Waals surface area contributed by atoms with Crippen LogP contribution in [0, 0.1) is 5.92 Å². The Bertz CT molecular complexity index is 287. The number of benzene rings is 1. The lowest BCUT2D eigenvalue weighted by molar-refractivity contribution is 0.414. The molecule has 1 aliphatic heterocycles. The maximum Gasteiger partial charge on any atom is 0.0228 e. The van der Waals surface area contributed by atoms with Crippen molar-refractivity contribution in [2.75, 3.05) is 0 Å². The average Bonchev–Trinajstić information content (AvgIpc) is 2.58. The lowest BCUT2D eigenvalue weighted by Crippen LogP contribution is -2.30. The first kappa shape index (κ1) is 10.7. The smallest absolute Gasteiger partial charge is 0.0228 e. The second-order valence-corrected chi connectivity index (χ2v) is 4.55. The molecule has 1 heterocycles. The predicted molar refractivity (Wildman–Crippen MR) is 63.4 cm³/mol. The maximum absolute atomic E-state index is 3.31. The molecule has 2 nitrogen and oxygen atoms in total. The summed E-state index contributed by atoms with van der Waals surface area (Å²) < 4.78 is 0. The van der Waals surface area contributed by atoms with Crippen molar-refractivity contribution in [3.05, 3.63) is 35.9 Å². The Hall–Kier alpha value is -0.860. The standard InChI is InChI=1S/C13H20N2/c1-10-13(11(2)15-14-10)9-8-12-6-4-3-5-7-12/h3-7,10-11,13-15H,8-9H2,1-2H3. The van der Waals surface area contributed by atoms with E-state index >= 15 is 0 Å². The molecule has 1 aromatic rings. The highest BCUT2D eigenvalue weighted by Gasteiger charge is 2.28. The largest absolute Gasteiger partial charge is 0.254 e. The van der Waals surface area contributed by atoms with Gasteiger partial charge in [-0.25, -0.2) is 0 Å². The average molecular weight is 204 g/mol. The van der Waals surface area contributed by atoms with Gasteiger partial charge in [-0.1, -0.05) is 30.3 Å². The summed E-state index contributed by atoms with van der Waals surface area (Å²) in [4.78, 5) is 0. The first-order valence-corrected chi connectivity index (χ1v) is 5.82. The molecule has 0 bridgehead atoms. The highest BCUT2D eigenvalue weighted by molar-refractivity contribution is 5.14.